The average molecular weight is 600 g/mol. The standard InChI is InChI=1S/C33H37N5O6/c1-20-26(43-3)15-14-24-27(20)34-28(21-11-7-6-8-12-21)35-30(24)44-23-17-25-29(39)36-33(31(40)41)18-22(33)13-9-4-5-10-16-37(2)32(42)38(25)19-23/h6-9,11-15,22-23,25H,4-5,10,16-19H2,1-3H3,(H,36,39)(H,40,41)/b13-9-/t22-,23-,25+,33?/m1/s1. The number of aryl methyl sites for hydroxylation is 1. The van der Waals surface area contributed by atoms with Gasteiger partial charge in [0.05, 0.1) is 24.6 Å². The number of carbonyl (C=O) groups excluding carboxylic acids is 2. The quantitative estimate of drug-likeness (QED) is 0.417. The Balaban J connectivity index is 1.34. The summed E-state index contributed by atoms with van der Waals surface area (Å²) in [6.45, 7) is 2.62. The van der Waals surface area contributed by atoms with Crippen LogP contribution >= 0.6 is 0 Å². The molecule has 6 rings (SSSR count). The van der Waals surface area contributed by atoms with Crippen LogP contribution in [0.1, 0.15) is 37.7 Å². The summed E-state index contributed by atoms with van der Waals surface area (Å²) in [6, 6.07) is 12.1. The molecule has 3 aliphatic rings. The molecule has 2 fully saturated rings. The Hall–Kier alpha value is -4.67. The first-order valence-electron chi connectivity index (χ1n) is 15.0. The molecule has 1 aliphatic carbocycles. The van der Waals surface area contributed by atoms with Crippen LogP contribution in [0, 0.1) is 12.8 Å². The number of benzene rings is 2. The number of urea groups is 1. The monoisotopic (exact) mass is 599 g/mol. The van der Waals surface area contributed by atoms with Gasteiger partial charge in [0.15, 0.2) is 5.82 Å². The van der Waals surface area contributed by atoms with Crippen molar-refractivity contribution in [3.05, 3.63) is 60.2 Å². The van der Waals surface area contributed by atoms with Crippen LogP contribution in [0.3, 0.4) is 0 Å². The minimum absolute atomic E-state index is 0.145. The van der Waals surface area contributed by atoms with Gasteiger partial charge in [-0.1, -0.05) is 42.5 Å². The third-order valence-electron chi connectivity index (χ3n) is 8.93. The molecule has 0 spiro atoms. The third-order valence-corrected chi connectivity index (χ3v) is 8.93. The maximum atomic E-state index is 13.7. The molecule has 3 amide bonds. The number of carboxylic acids is 1. The summed E-state index contributed by atoms with van der Waals surface area (Å²) in [6.07, 6.45) is 6.27. The molecule has 2 aromatic carbocycles. The van der Waals surface area contributed by atoms with Gasteiger partial charge in [-0.25, -0.2) is 14.6 Å². The van der Waals surface area contributed by atoms with Crippen molar-refractivity contribution < 1.29 is 29.0 Å². The lowest BCUT2D eigenvalue weighted by Crippen LogP contribution is -2.54. The van der Waals surface area contributed by atoms with Crippen LogP contribution in [0.2, 0.25) is 0 Å². The maximum absolute atomic E-state index is 13.7. The molecule has 0 bridgehead atoms. The summed E-state index contributed by atoms with van der Waals surface area (Å²) >= 11 is 0. The van der Waals surface area contributed by atoms with Gasteiger partial charge in [0.25, 0.3) is 0 Å². The van der Waals surface area contributed by atoms with E-state index in [1.54, 1.807) is 19.1 Å². The molecule has 44 heavy (non-hydrogen) atoms. The molecule has 0 radical (unpaired) electrons. The first kappa shape index (κ1) is 29.4. The Kier molecular flexibility index (Phi) is 7.87. The normalized spacial score (nSPS) is 26.3. The van der Waals surface area contributed by atoms with Gasteiger partial charge in [0, 0.05) is 37.1 Å². The second-order valence-electron chi connectivity index (χ2n) is 11.9. The van der Waals surface area contributed by atoms with E-state index >= 15 is 0 Å². The molecule has 2 N–H and O–H groups in total. The van der Waals surface area contributed by atoms with Crippen LogP contribution in [0.25, 0.3) is 22.3 Å². The lowest BCUT2D eigenvalue weighted by Gasteiger charge is -2.29. The number of aromatic nitrogens is 2. The van der Waals surface area contributed by atoms with Crippen molar-refractivity contribution in [2.24, 2.45) is 5.92 Å². The summed E-state index contributed by atoms with van der Waals surface area (Å²) in [5, 5.41) is 13.5. The van der Waals surface area contributed by atoms with Crippen LogP contribution in [0.4, 0.5) is 4.79 Å². The van der Waals surface area contributed by atoms with Crippen molar-refractivity contribution in [3.63, 3.8) is 0 Å². The molecule has 230 valence electrons. The minimum Gasteiger partial charge on any atom is -0.496 e. The highest BCUT2D eigenvalue weighted by Gasteiger charge is 2.61. The molecule has 1 unspecified atom stereocenters. The van der Waals surface area contributed by atoms with Gasteiger partial charge in [0.2, 0.25) is 11.8 Å². The number of amides is 3. The van der Waals surface area contributed by atoms with Gasteiger partial charge in [0.1, 0.15) is 23.4 Å². The number of ether oxygens (including phenoxy) is 2. The highest BCUT2D eigenvalue weighted by atomic mass is 16.5. The summed E-state index contributed by atoms with van der Waals surface area (Å²) in [4.78, 5) is 52.4. The SMILES string of the molecule is COc1ccc2c(O[C@@H]3C[C@H]4C(=O)NC5(C(=O)O)C[C@H]5/C=C\CCCCN(C)C(=O)N4C3)nc(-c3ccccc3)nc2c1C. The summed E-state index contributed by atoms with van der Waals surface area (Å²) in [7, 11) is 3.33. The van der Waals surface area contributed by atoms with Crippen LogP contribution in [0.5, 0.6) is 11.6 Å². The number of aliphatic carboxylic acids is 1. The van der Waals surface area contributed by atoms with Gasteiger partial charge >= 0.3 is 12.0 Å². The molecule has 11 nitrogen and oxygen atoms in total. The lowest BCUT2D eigenvalue weighted by atomic mass is 10.1. The molecule has 1 aromatic heterocycles. The number of hydrogen-bond donors (Lipinski definition) is 2. The van der Waals surface area contributed by atoms with Crippen molar-refractivity contribution in [2.75, 3.05) is 27.2 Å². The van der Waals surface area contributed by atoms with Crippen molar-refractivity contribution in [1.82, 2.24) is 25.1 Å². The van der Waals surface area contributed by atoms with E-state index in [-0.39, 0.29) is 24.9 Å². The van der Waals surface area contributed by atoms with Crippen LogP contribution in [0.15, 0.2) is 54.6 Å². The Bertz CT molecular complexity index is 1630. The summed E-state index contributed by atoms with van der Waals surface area (Å²) in [5.41, 5.74) is 0.963. The van der Waals surface area contributed by atoms with Gasteiger partial charge in [-0.3, -0.25) is 4.79 Å². The maximum Gasteiger partial charge on any atom is 0.330 e. The zero-order valence-electron chi connectivity index (χ0n) is 25.2. The van der Waals surface area contributed by atoms with Gasteiger partial charge in [-0.05, 0) is 44.7 Å². The number of nitrogens with one attached hydrogen (secondary N) is 1. The highest BCUT2D eigenvalue weighted by Crippen LogP contribution is 2.45. The van der Waals surface area contributed by atoms with E-state index in [0.717, 1.165) is 30.4 Å². The number of rotatable bonds is 5. The molecular formula is C33H37N5O6. The molecule has 3 heterocycles. The third kappa shape index (κ3) is 5.42. The van der Waals surface area contributed by atoms with E-state index in [4.69, 9.17) is 19.4 Å². The topological polar surface area (TPSA) is 134 Å². The van der Waals surface area contributed by atoms with E-state index in [1.165, 1.54) is 4.90 Å². The number of methoxy groups -OCH3 is 1. The zero-order chi connectivity index (χ0) is 31.0. The number of carboxylic acid groups (broad SMARTS) is 1. The van der Waals surface area contributed by atoms with E-state index in [0.29, 0.717) is 41.3 Å². The molecular weight excluding hydrogens is 562 g/mol. The summed E-state index contributed by atoms with van der Waals surface area (Å²) < 4.78 is 12.1. The van der Waals surface area contributed by atoms with Gasteiger partial charge in [-0.15, -0.1) is 0 Å². The molecule has 3 aromatic rings. The average Bonchev–Trinajstić information content (AvgIpc) is 3.56. The number of allylic oxidation sites excluding steroid dienone is 1. The van der Waals surface area contributed by atoms with Crippen molar-refractivity contribution >= 4 is 28.8 Å². The van der Waals surface area contributed by atoms with Crippen molar-refractivity contribution in [2.45, 2.75) is 56.7 Å². The molecule has 1 saturated carbocycles. The number of hydrogen-bond acceptors (Lipinski definition) is 7. The molecule has 1 saturated heterocycles. The first-order chi connectivity index (χ1) is 21.2. The lowest BCUT2D eigenvalue weighted by molar-refractivity contribution is -0.144. The second kappa shape index (κ2) is 11.8. The number of nitrogens with zero attached hydrogens (tertiary/aromatic N) is 4. The van der Waals surface area contributed by atoms with E-state index in [1.807, 2.05) is 61.5 Å². The Labute approximate surface area is 255 Å². The molecule has 2 aliphatic heterocycles. The van der Waals surface area contributed by atoms with Gasteiger partial charge < -0.3 is 29.7 Å². The molecule has 4 atom stereocenters. The fraction of sp³-hybridized carbons (Fsp3) is 0.424. The van der Waals surface area contributed by atoms with Crippen LogP contribution in [-0.2, 0) is 9.59 Å². The smallest absolute Gasteiger partial charge is 0.330 e. The largest absolute Gasteiger partial charge is 0.496 e. The van der Waals surface area contributed by atoms with Crippen LogP contribution < -0.4 is 14.8 Å². The first-order valence-corrected chi connectivity index (χ1v) is 15.0. The Morgan fingerprint density at radius 2 is 1.91 bits per heavy atom. The predicted molar refractivity (Wildman–Crippen MR) is 163 cm³/mol. The highest BCUT2D eigenvalue weighted by molar-refractivity contribution is 5.95. The number of carbonyl (C=O) groups is 3. The van der Waals surface area contributed by atoms with Crippen LogP contribution in [-0.4, -0.2) is 87.7 Å². The van der Waals surface area contributed by atoms with E-state index in [9.17, 15) is 19.5 Å². The fourth-order valence-electron chi connectivity index (χ4n) is 6.27. The predicted octanol–water partition coefficient (Wildman–Crippen LogP) is 4.19. The number of fused-ring (bicyclic) bond motifs is 3. The van der Waals surface area contributed by atoms with Gasteiger partial charge in [-0.2, -0.15) is 4.98 Å². The Morgan fingerprint density at radius 1 is 1.11 bits per heavy atom. The second-order valence-corrected chi connectivity index (χ2v) is 11.9. The zero-order valence-corrected chi connectivity index (χ0v) is 25.2. The van der Waals surface area contributed by atoms with Crippen molar-refractivity contribution in [3.8, 4) is 23.0 Å². The minimum atomic E-state index is -1.36. The van der Waals surface area contributed by atoms with E-state index < -0.39 is 29.6 Å². The van der Waals surface area contributed by atoms with Crippen molar-refractivity contribution in [1.29, 1.82) is 0 Å². The van der Waals surface area contributed by atoms with E-state index in [2.05, 4.69) is 5.32 Å². The fourth-order valence-corrected chi connectivity index (χ4v) is 6.27. The molecule has 11 heteroatoms. The summed E-state index contributed by atoms with van der Waals surface area (Å²) in [5.74, 6) is -0.344. The Morgan fingerprint density at radius 3 is 2.66 bits per heavy atom.